The fourth-order valence-corrected chi connectivity index (χ4v) is 5.58. The molecule has 1 unspecified atom stereocenters. The van der Waals surface area contributed by atoms with Gasteiger partial charge in [-0.05, 0) is 43.2 Å². The first kappa shape index (κ1) is 25.8. The van der Waals surface area contributed by atoms with E-state index in [1.54, 1.807) is 36.2 Å². The van der Waals surface area contributed by atoms with Crippen LogP contribution in [0.25, 0.3) is 10.2 Å². The Morgan fingerprint density at radius 2 is 2.03 bits per heavy atom. The Bertz CT molecular complexity index is 1550. The van der Waals surface area contributed by atoms with Crippen molar-refractivity contribution in [2.24, 2.45) is 11.5 Å². The highest BCUT2D eigenvalue weighted by atomic mass is 32.1. The Morgan fingerprint density at radius 3 is 2.77 bits per heavy atom. The average Bonchev–Trinajstić information content (AvgIpc) is 3.54. The number of amides is 4. The minimum Gasteiger partial charge on any atom is -0.442 e. The van der Waals surface area contributed by atoms with Gasteiger partial charge in [0.25, 0.3) is 5.91 Å². The Morgan fingerprint density at radius 1 is 1.26 bits per heavy atom. The number of urea groups is 1. The van der Waals surface area contributed by atoms with E-state index in [2.05, 4.69) is 22.2 Å². The number of likely N-dealkylation sites (tertiary alicyclic amines) is 1. The Balaban J connectivity index is 1.42. The second-order valence-corrected chi connectivity index (χ2v) is 10.1. The van der Waals surface area contributed by atoms with Gasteiger partial charge in [-0.3, -0.25) is 9.59 Å². The number of para-hydroxylation sites is 1. The highest BCUT2D eigenvalue weighted by Gasteiger charge is 2.34. The molecule has 0 spiro atoms. The molecule has 0 saturated carbocycles. The molecule has 3 aromatic rings. The number of pyridine rings is 1. The van der Waals surface area contributed by atoms with Crippen LogP contribution in [0.1, 0.15) is 23.0 Å². The van der Waals surface area contributed by atoms with Crippen molar-refractivity contribution in [3.8, 4) is 5.75 Å². The average molecular weight is 546 g/mol. The summed E-state index contributed by atoms with van der Waals surface area (Å²) in [4.78, 5) is 46.7. The lowest BCUT2D eigenvalue weighted by molar-refractivity contribution is -0.125. The van der Waals surface area contributed by atoms with Gasteiger partial charge in [-0.1, -0.05) is 24.8 Å². The zero-order chi connectivity index (χ0) is 27.7. The van der Waals surface area contributed by atoms with Crippen molar-refractivity contribution in [2.45, 2.75) is 19.4 Å². The zero-order valence-electron chi connectivity index (χ0n) is 21.1. The maximum Gasteiger partial charge on any atom is 0.332 e. The van der Waals surface area contributed by atoms with Gasteiger partial charge in [-0.15, -0.1) is 11.3 Å². The summed E-state index contributed by atoms with van der Waals surface area (Å²) < 4.78 is 5.62. The molecule has 1 atom stereocenters. The zero-order valence-corrected chi connectivity index (χ0v) is 22.0. The molecule has 0 bridgehead atoms. The number of rotatable bonds is 7. The summed E-state index contributed by atoms with van der Waals surface area (Å²) in [5, 5.41) is 6.39. The molecule has 1 saturated heterocycles. The number of nitrogens with zero attached hydrogens (tertiary/aromatic N) is 3. The van der Waals surface area contributed by atoms with Crippen LogP contribution in [0.5, 0.6) is 5.75 Å². The van der Waals surface area contributed by atoms with Gasteiger partial charge in [0.15, 0.2) is 5.88 Å². The molecule has 1 fully saturated rings. The molecule has 2 aliphatic rings. The minimum absolute atomic E-state index is 0.106. The molecule has 1 aromatic carbocycles. The summed E-state index contributed by atoms with van der Waals surface area (Å²) in [6.07, 6.45) is 4.99. The fourth-order valence-electron chi connectivity index (χ4n) is 4.56. The topological polar surface area (TPSA) is 156 Å². The number of hydrogen-bond donors (Lipinski definition) is 4. The van der Waals surface area contributed by atoms with Crippen molar-refractivity contribution in [3.05, 3.63) is 83.5 Å². The lowest BCUT2D eigenvalue weighted by Crippen LogP contribution is -2.41. The quantitative estimate of drug-likeness (QED) is 0.202. The third-order valence-corrected chi connectivity index (χ3v) is 7.54. The minimum atomic E-state index is -0.529. The summed E-state index contributed by atoms with van der Waals surface area (Å²) in [7, 11) is 0. The van der Waals surface area contributed by atoms with Crippen LogP contribution in [-0.4, -0.2) is 46.9 Å². The van der Waals surface area contributed by atoms with Crippen LogP contribution in [0.3, 0.4) is 0 Å². The molecule has 0 aliphatic carbocycles. The first-order valence-electron chi connectivity index (χ1n) is 12.2. The first-order valence-corrected chi connectivity index (χ1v) is 13.0. The van der Waals surface area contributed by atoms with Crippen molar-refractivity contribution < 1.29 is 19.1 Å². The van der Waals surface area contributed by atoms with E-state index in [0.29, 0.717) is 57.3 Å². The Hall–Kier alpha value is -4.84. The van der Waals surface area contributed by atoms with Crippen LogP contribution in [0, 0.1) is 0 Å². The molecule has 6 N–H and O–H groups in total. The molecular formula is C27H27N7O4S. The van der Waals surface area contributed by atoms with Crippen LogP contribution in [0.4, 0.5) is 16.2 Å². The van der Waals surface area contributed by atoms with Gasteiger partial charge in [-0.2, -0.15) is 0 Å². The summed E-state index contributed by atoms with van der Waals surface area (Å²) in [5.41, 5.74) is 13.9. The van der Waals surface area contributed by atoms with Gasteiger partial charge in [0.2, 0.25) is 5.91 Å². The lowest BCUT2D eigenvalue weighted by Gasteiger charge is -2.29. The summed E-state index contributed by atoms with van der Waals surface area (Å²) in [6.45, 7) is 6.16. The van der Waals surface area contributed by atoms with Crippen molar-refractivity contribution >= 4 is 50.8 Å². The standard InChI is InChI=1S/C27H27N7O4S/c1-3-20(35)33-12-10-16(14-33)31-25(36)23-22-21-18(9-11-30-26(21)39-23)34(27(37)32-22)24(29)15(2)13-19(28)38-17-7-5-4-6-8-17/h3-9,11,13,16H,1,10,12,14,28-29H2,2H3,(H,31,36)(H,32,37)/b19-13+,24-15+. The largest absolute Gasteiger partial charge is 0.442 e. The van der Waals surface area contributed by atoms with Crippen molar-refractivity contribution in [1.82, 2.24) is 15.2 Å². The number of allylic oxidation sites excluding steroid dienone is 2. The third kappa shape index (κ3) is 5.01. The molecule has 11 nitrogen and oxygen atoms in total. The first-order chi connectivity index (χ1) is 18.8. The van der Waals surface area contributed by atoms with E-state index in [4.69, 9.17) is 16.2 Å². The summed E-state index contributed by atoms with van der Waals surface area (Å²) >= 11 is 1.17. The lowest BCUT2D eigenvalue weighted by atomic mass is 10.1. The van der Waals surface area contributed by atoms with Crippen molar-refractivity contribution in [2.75, 3.05) is 23.3 Å². The molecule has 0 radical (unpaired) electrons. The maximum absolute atomic E-state index is 13.3. The van der Waals surface area contributed by atoms with E-state index < -0.39 is 6.03 Å². The van der Waals surface area contributed by atoms with Gasteiger partial charge in [0.1, 0.15) is 21.3 Å². The monoisotopic (exact) mass is 545 g/mol. The van der Waals surface area contributed by atoms with Gasteiger partial charge < -0.3 is 31.7 Å². The number of aromatic nitrogens is 1. The van der Waals surface area contributed by atoms with Crippen molar-refractivity contribution in [1.29, 1.82) is 0 Å². The number of carbonyl (C=O) groups excluding carboxylic acids is 3. The molecule has 12 heteroatoms. The maximum atomic E-state index is 13.3. The molecule has 2 aromatic heterocycles. The number of nitrogens with two attached hydrogens (primary N) is 2. The van der Waals surface area contributed by atoms with E-state index in [9.17, 15) is 14.4 Å². The Kier molecular flexibility index (Phi) is 6.94. The smallest absolute Gasteiger partial charge is 0.332 e. The predicted molar refractivity (Wildman–Crippen MR) is 150 cm³/mol. The Labute approximate surface area is 228 Å². The van der Waals surface area contributed by atoms with E-state index in [1.807, 2.05) is 18.2 Å². The highest BCUT2D eigenvalue weighted by molar-refractivity contribution is 7.21. The van der Waals surface area contributed by atoms with E-state index in [1.165, 1.54) is 28.4 Å². The van der Waals surface area contributed by atoms with Crippen molar-refractivity contribution in [3.63, 3.8) is 0 Å². The van der Waals surface area contributed by atoms with Crippen LogP contribution in [0.15, 0.2) is 78.6 Å². The van der Waals surface area contributed by atoms with Crippen LogP contribution in [0.2, 0.25) is 0 Å². The molecule has 4 heterocycles. The van der Waals surface area contributed by atoms with E-state index in [-0.39, 0.29) is 29.6 Å². The van der Waals surface area contributed by atoms with Gasteiger partial charge in [0.05, 0.1) is 16.8 Å². The molecular weight excluding hydrogens is 518 g/mol. The molecule has 39 heavy (non-hydrogen) atoms. The van der Waals surface area contributed by atoms with Crippen LogP contribution >= 0.6 is 11.3 Å². The SMILES string of the molecule is C=CC(=O)N1CCC(NC(=O)c2sc3nccc4c3c2NC(=O)N4/C(N)=C(C)/C=C(\N)Oc2ccccc2)C1. The van der Waals surface area contributed by atoms with E-state index in [0.717, 1.165) is 0 Å². The summed E-state index contributed by atoms with van der Waals surface area (Å²) in [6, 6.07) is 9.98. The van der Waals surface area contributed by atoms with Gasteiger partial charge in [-0.25, -0.2) is 14.7 Å². The van der Waals surface area contributed by atoms with E-state index >= 15 is 0 Å². The van der Waals surface area contributed by atoms with Crippen LogP contribution in [-0.2, 0) is 4.79 Å². The summed E-state index contributed by atoms with van der Waals surface area (Å²) in [5.74, 6) is 0.290. The molecule has 2 aliphatic heterocycles. The van der Waals surface area contributed by atoms with Crippen LogP contribution < -0.4 is 31.7 Å². The third-order valence-electron chi connectivity index (χ3n) is 6.44. The number of thiophene rings is 1. The molecule has 200 valence electrons. The van der Waals surface area contributed by atoms with Gasteiger partial charge in [0, 0.05) is 31.4 Å². The fraction of sp³-hybridized carbons (Fsp3) is 0.185. The number of anilines is 2. The normalized spacial score (nSPS) is 17.5. The number of ether oxygens (including phenoxy) is 1. The number of benzene rings is 1. The highest BCUT2D eigenvalue weighted by Crippen LogP contribution is 2.44. The second-order valence-electron chi connectivity index (χ2n) is 9.06. The number of carbonyl (C=O) groups is 3. The predicted octanol–water partition coefficient (Wildman–Crippen LogP) is 3.23. The molecule has 5 rings (SSSR count). The van der Waals surface area contributed by atoms with Gasteiger partial charge >= 0.3 is 6.03 Å². The number of hydrogen-bond acceptors (Lipinski definition) is 8. The number of nitrogens with one attached hydrogen (secondary N) is 2. The second kappa shape index (κ2) is 10.5. The molecule has 4 amide bonds.